The highest BCUT2D eigenvalue weighted by molar-refractivity contribution is 4.91. The molecule has 0 bridgehead atoms. The summed E-state index contributed by atoms with van der Waals surface area (Å²) >= 11 is 0. The Bertz CT molecular complexity index is 176. The summed E-state index contributed by atoms with van der Waals surface area (Å²) in [5, 5.41) is 3.59. The molecule has 0 aromatic rings. The van der Waals surface area contributed by atoms with E-state index in [9.17, 15) is 0 Å². The lowest BCUT2D eigenvalue weighted by atomic mass is 9.95. The standard InChI is InChI=1S/C13H25N/c1-13(2,3)14-11-12-9-7-5-4-6-8-10-12/h7,9,12,14H,4-6,8,10-11H2,1-3H3/b9-7-. The van der Waals surface area contributed by atoms with Crippen molar-refractivity contribution >= 4 is 0 Å². The zero-order chi connectivity index (χ0) is 10.4. The molecule has 0 amide bonds. The molecule has 1 N–H and O–H groups in total. The van der Waals surface area contributed by atoms with Crippen molar-refractivity contribution < 1.29 is 0 Å². The van der Waals surface area contributed by atoms with Gasteiger partial charge < -0.3 is 5.32 Å². The van der Waals surface area contributed by atoms with Crippen molar-refractivity contribution in [3.63, 3.8) is 0 Å². The lowest BCUT2D eigenvalue weighted by Gasteiger charge is -2.24. The zero-order valence-corrected chi connectivity index (χ0v) is 9.97. The van der Waals surface area contributed by atoms with Gasteiger partial charge >= 0.3 is 0 Å². The van der Waals surface area contributed by atoms with Gasteiger partial charge in [0.1, 0.15) is 0 Å². The molecule has 0 saturated carbocycles. The highest BCUT2D eigenvalue weighted by atomic mass is 14.9. The summed E-state index contributed by atoms with van der Waals surface area (Å²) in [6, 6.07) is 0. The molecule has 1 aliphatic rings. The van der Waals surface area contributed by atoms with E-state index in [-0.39, 0.29) is 5.54 Å². The quantitative estimate of drug-likeness (QED) is 0.665. The van der Waals surface area contributed by atoms with E-state index in [2.05, 4.69) is 38.2 Å². The summed E-state index contributed by atoms with van der Waals surface area (Å²) in [4.78, 5) is 0. The fraction of sp³-hybridized carbons (Fsp3) is 0.846. The van der Waals surface area contributed by atoms with Gasteiger partial charge in [0.2, 0.25) is 0 Å². The molecular formula is C13H25N. The Labute approximate surface area is 89.0 Å². The molecule has 0 aromatic heterocycles. The summed E-state index contributed by atoms with van der Waals surface area (Å²) in [7, 11) is 0. The fourth-order valence-electron chi connectivity index (χ4n) is 1.84. The van der Waals surface area contributed by atoms with Gasteiger partial charge in [0, 0.05) is 12.1 Å². The molecule has 0 radical (unpaired) electrons. The van der Waals surface area contributed by atoms with Gasteiger partial charge in [-0.25, -0.2) is 0 Å². The van der Waals surface area contributed by atoms with Crippen molar-refractivity contribution in [3.05, 3.63) is 12.2 Å². The number of hydrogen-bond acceptors (Lipinski definition) is 1. The van der Waals surface area contributed by atoms with Crippen LogP contribution in [0.1, 0.15) is 52.9 Å². The molecule has 1 nitrogen and oxygen atoms in total. The number of nitrogens with one attached hydrogen (secondary N) is 1. The van der Waals surface area contributed by atoms with E-state index in [1.807, 2.05) is 0 Å². The van der Waals surface area contributed by atoms with E-state index in [0.29, 0.717) is 0 Å². The molecule has 1 atom stereocenters. The summed E-state index contributed by atoms with van der Waals surface area (Å²) in [5.41, 5.74) is 0.260. The van der Waals surface area contributed by atoms with Crippen LogP contribution in [0.4, 0.5) is 0 Å². The maximum Gasteiger partial charge on any atom is 0.00967 e. The van der Waals surface area contributed by atoms with E-state index < -0.39 is 0 Å². The van der Waals surface area contributed by atoms with Gasteiger partial charge in [0.25, 0.3) is 0 Å². The first kappa shape index (κ1) is 11.8. The molecular weight excluding hydrogens is 170 g/mol. The molecule has 1 heteroatoms. The molecule has 1 aliphatic carbocycles. The number of hydrogen-bond donors (Lipinski definition) is 1. The molecule has 0 fully saturated rings. The Balaban J connectivity index is 2.30. The van der Waals surface area contributed by atoms with E-state index in [4.69, 9.17) is 0 Å². The molecule has 0 spiro atoms. The van der Waals surface area contributed by atoms with Crippen LogP contribution in [0.25, 0.3) is 0 Å². The lowest BCUT2D eigenvalue weighted by molar-refractivity contribution is 0.381. The second-order valence-electron chi connectivity index (χ2n) is 5.46. The molecule has 0 heterocycles. The molecule has 0 aromatic carbocycles. The third-order valence-corrected chi connectivity index (χ3v) is 2.75. The van der Waals surface area contributed by atoms with Crippen LogP contribution in [0.15, 0.2) is 12.2 Å². The van der Waals surface area contributed by atoms with E-state index in [0.717, 1.165) is 12.5 Å². The van der Waals surface area contributed by atoms with Crippen molar-refractivity contribution in [2.45, 2.75) is 58.4 Å². The monoisotopic (exact) mass is 195 g/mol. The highest BCUT2D eigenvalue weighted by Crippen LogP contribution is 2.16. The van der Waals surface area contributed by atoms with Crippen molar-refractivity contribution in [2.75, 3.05) is 6.54 Å². The second kappa shape index (κ2) is 5.55. The van der Waals surface area contributed by atoms with E-state index >= 15 is 0 Å². The van der Waals surface area contributed by atoms with Crippen molar-refractivity contribution in [2.24, 2.45) is 5.92 Å². The normalized spacial score (nSPS) is 26.6. The van der Waals surface area contributed by atoms with Crippen LogP contribution in [0, 0.1) is 5.92 Å². The predicted octanol–water partition coefficient (Wildman–Crippen LogP) is 3.51. The largest absolute Gasteiger partial charge is 0.311 e. The number of rotatable bonds is 2. The second-order valence-corrected chi connectivity index (χ2v) is 5.46. The first-order valence-electron chi connectivity index (χ1n) is 5.99. The summed E-state index contributed by atoms with van der Waals surface area (Å²) < 4.78 is 0. The Morgan fingerprint density at radius 3 is 2.71 bits per heavy atom. The molecule has 82 valence electrons. The van der Waals surface area contributed by atoms with Crippen LogP contribution in [0.2, 0.25) is 0 Å². The van der Waals surface area contributed by atoms with Crippen molar-refractivity contribution in [3.8, 4) is 0 Å². The summed E-state index contributed by atoms with van der Waals surface area (Å²) in [6.07, 6.45) is 11.6. The topological polar surface area (TPSA) is 12.0 Å². The zero-order valence-electron chi connectivity index (χ0n) is 9.97. The summed E-state index contributed by atoms with van der Waals surface area (Å²) in [5.74, 6) is 0.759. The van der Waals surface area contributed by atoms with Crippen LogP contribution < -0.4 is 5.32 Å². The van der Waals surface area contributed by atoms with Crippen molar-refractivity contribution in [1.82, 2.24) is 5.32 Å². The third-order valence-electron chi connectivity index (χ3n) is 2.75. The maximum absolute atomic E-state index is 3.59. The highest BCUT2D eigenvalue weighted by Gasteiger charge is 2.12. The van der Waals surface area contributed by atoms with Crippen LogP contribution in [0.5, 0.6) is 0 Å². The third kappa shape index (κ3) is 5.43. The first-order chi connectivity index (χ1) is 6.58. The smallest absolute Gasteiger partial charge is 0.00967 e. The Morgan fingerprint density at radius 2 is 2.00 bits per heavy atom. The van der Waals surface area contributed by atoms with Crippen LogP contribution in [-0.2, 0) is 0 Å². The minimum Gasteiger partial charge on any atom is -0.311 e. The lowest BCUT2D eigenvalue weighted by Crippen LogP contribution is -2.38. The first-order valence-corrected chi connectivity index (χ1v) is 5.99. The SMILES string of the molecule is CC(C)(C)NCC1/C=C\CCCCC1. The molecule has 0 aliphatic heterocycles. The van der Waals surface area contributed by atoms with Gasteiger partial charge in [0.15, 0.2) is 0 Å². The summed E-state index contributed by atoms with van der Waals surface area (Å²) in [6.45, 7) is 7.85. The number of allylic oxidation sites excluding steroid dienone is 1. The minimum absolute atomic E-state index is 0.260. The van der Waals surface area contributed by atoms with E-state index in [1.165, 1.54) is 32.1 Å². The Kier molecular flexibility index (Phi) is 4.67. The average molecular weight is 195 g/mol. The fourth-order valence-corrected chi connectivity index (χ4v) is 1.84. The maximum atomic E-state index is 3.59. The van der Waals surface area contributed by atoms with Crippen LogP contribution in [-0.4, -0.2) is 12.1 Å². The van der Waals surface area contributed by atoms with Gasteiger partial charge in [-0.3, -0.25) is 0 Å². The Hall–Kier alpha value is -0.300. The Morgan fingerprint density at radius 1 is 1.21 bits per heavy atom. The molecule has 1 rings (SSSR count). The average Bonchev–Trinajstić information content (AvgIpc) is 2.00. The molecule has 14 heavy (non-hydrogen) atoms. The molecule has 0 saturated heterocycles. The van der Waals surface area contributed by atoms with Crippen molar-refractivity contribution in [1.29, 1.82) is 0 Å². The van der Waals surface area contributed by atoms with Gasteiger partial charge in [-0.15, -0.1) is 0 Å². The van der Waals surface area contributed by atoms with Crippen LogP contribution in [0.3, 0.4) is 0 Å². The van der Waals surface area contributed by atoms with Gasteiger partial charge in [-0.2, -0.15) is 0 Å². The predicted molar refractivity (Wildman–Crippen MR) is 63.5 cm³/mol. The minimum atomic E-state index is 0.260. The molecule has 1 unspecified atom stereocenters. The van der Waals surface area contributed by atoms with Gasteiger partial charge in [-0.05, 0) is 46.0 Å². The van der Waals surface area contributed by atoms with Crippen LogP contribution >= 0.6 is 0 Å². The van der Waals surface area contributed by atoms with Gasteiger partial charge in [-0.1, -0.05) is 25.0 Å². The van der Waals surface area contributed by atoms with Gasteiger partial charge in [0.05, 0.1) is 0 Å². The van der Waals surface area contributed by atoms with E-state index in [1.54, 1.807) is 0 Å².